The van der Waals surface area contributed by atoms with E-state index in [0.717, 1.165) is 12.1 Å². The molecule has 0 radical (unpaired) electrons. The first-order chi connectivity index (χ1) is 9.04. The van der Waals surface area contributed by atoms with Crippen LogP contribution in [0.2, 0.25) is 0 Å². The molecular weight excluding hydrogens is 236 g/mol. The number of hydrogen-bond acceptors (Lipinski definition) is 3. The van der Waals surface area contributed by atoms with Crippen molar-refractivity contribution in [3.05, 3.63) is 47.0 Å². The summed E-state index contributed by atoms with van der Waals surface area (Å²) in [4.78, 5) is 0. The van der Waals surface area contributed by atoms with E-state index in [9.17, 15) is 0 Å². The van der Waals surface area contributed by atoms with E-state index in [1.807, 2.05) is 6.92 Å². The maximum atomic E-state index is 5.84. The summed E-state index contributed by atoms with van der Waals surface area (Å²) < 4.78 is 5.47. The molecule has 1 atom stereocenters. The van der Waals surface area contributed by atoms with Crippen molar-refractivity contribution in [1.29, 1.82) is 0 Å². The predicted molar refractivity (Wildman–Crippen MR) is 81.3 cm³/mol. The topological polar surface area (TPSA) is 47.3 Å². The van der Waals surface area contributed by atoms with Crippen LogP contribution in [0.1, 0.15) is 29.7 Å². The maximum absolute atomic E-state index is 5.84. The van der Waals surface area contributed by atoms with E-state index in [-0.39, 0.29) is 6.04 Å². The summed E-state index contributed by atoms with van der Waals surface area (Å²) in [6.07, 6.45) is 0. The highest BCUT2D eigenvalue weighted by Gasteiger charge is 2.09. The molecule has 3 N–H and O–H groups in total. The van der Waals surface area contributed by atoms with Crippen molar-refractivity contribution in [3.63, 3.8) is 0 Å². The molecule has 19 heavy (non-hydrogen) atoms. The van der Waals surface area contributed by atoms with Crippen LogP contribution in [0.4, 0.5) is 0 Å². The second-order valence-electron chi connectivity index (χ2n) is 5.10. The Balaban J connectivity index is 2.44. The second-order valence-corrected chi connectivity index (χ2v) is 5.10. The monoisotopic (exact) mass is 262 g/mol. The lowest BCUT2D eigenvalue weighted by Gasteiger charge is -2.18. The van der Waals surface area contributed by atoms with Gasteiger partial charge in [0.1, 0.15) is 0 Å². The van der Waals surface area contributed by atoms with Crippen LogP contribution >= 0.6 is 0 Å². The van der Waals surface area contributed by atoms with Crippen LogP contribution in [0.5, 0.6) is 0 Å². The van der Waals surface area contributed by atoms with E-state index < -0.39 is 0 Å². The molecule has 0 aromatic heterocycles. The highest BCUT2D eigenvalue weighted by Crippen LogP contribution is 2.16. The summed E-state index contributed by atoms with van der Waals surface area (Å²) in [6, 6.07) is 6.68. The number of nitrogens with two attached hydrogens (primary N) is 1. The van der Waals surface area contributed by atoms with Gasteiger partial charge >= 0.3 is 0 Å². The van der Waals surface area contributed by atoms with Crippen molar-refractivity contribution in [3.8, 4) is 0 Å². The van der Waals surface area contributed by atoms with Crippen molar-refractivity contribution in [2.45, 2.75) is 26.8 Å². The van der Waals surface area contributed by atoms with Gasteiger partial charge in [-0.25, -0.2) is 0 Å². The standard InChI is InChI=1S/C16H26N2O/c1-12(2)11-19-8-7-18-16(10-17)15-6-5-13(3)14(4)9-15/h5-6,9,16,18H,1,7-8,10-11,17H2,2-4H3. The van der Waals surface area contributed by atoms with Gasteiger partial charge in [0.15, 0.2) is 0 Å². The Labute approximate surface area is 116 Å². The van der Waals surface area contributed by atoms with Crippen molar-refractivity contribution < 1.29 is 4.74 Å². The van der Waals surface area contributed by atoms with E-state index in [1.54, 1.807) is 0 Å². The van der Waals surface area contributed by atoms with Crippen molar-refractivity contribution in [1.82, 2.24) is 5.32 Å². The molecule has 106 valence electrons. The Bertz CT molecular complexity index is 415. The predicted octanol–water partition coefficient (Wildman–Crippen LogP) is 2.49. The average molecular weight is 262 g/mol. The smallest absolute Gasteiger partial charge is 0.0672 e. The van der Waals surface area contributed by atoms with Gasteiger partial charge < -0.3 is 15.8 Å². The zero-order valence-corrected chi connectivity index (χ0v) is 12.3. The summed E-state index contributed by atoms with van der Waals surface area (Å²) >= 11 is 0. The van der Waals surface area contributed by atoms with Crippen molar-refractivity contribution in [2.75, 3.05) is 26.3 Å². The summed E-state index contributed by atoms with van der Waals surface area (Å²) in [7, 11) is 0. The van der Waals surface area contributed by atoms with Crippen LogP contribution in [0, 0.1) is 13.8 Å². The molecule has 3 nitrogen and oxygen atoms in total. The molecule has 0 spiro atoms. The molecule has 0 saturated heterocycles. The molecule has 0 bridgehead atoms. The van der Waals surface area contributed by atoms with E-state index in [2.05, 4.69) is 43.9 Å². The largest absolute Gasteiger partial charge is 0.376 e. The van der Waals surface area contributed by atoms with E-state index in [4.69, 9.17) is 10.5 Å². The van der Waals surface area contributed by atoms with Gasteiger partial charge in [-0.05, 0) is 37.5 Å². The molecule has 0 fully saturated rings. The third-order valence-electron chi connectivity index (χ3n) is 3.15. The van der Waals surface area contributed by atoms with Gasteiger partial charge in [-0.1, -0.05) is 30.4 Å². The van der Waals surface area contributed by atoms with Gasteiger partial charge in [-0.3, -0.25) is 0 Å². The highest BCUT2D eigenvalue weighted by molar-refractivity contribution is 5.31. The van der Waals surface area contributed by atoms with Crippen LogP contribution in [-0.4, -0.2) is 26.3 Å². The SMILES string of the molecule is C=C(C)COCCNC(CN)c1ccc(C)c(C)c1. The minimum absolute atomic E-state index is 0.188. The first-order valence-electron chi connectivity index (χ1n) is 6.77. The lowest BCUT2D eigenvalue weighted by Crippen LogP contribution is -2.31. The van der Waals surface area contributed by atoms with Gasteiger partial charge in [0.2, 0.25) is 0 Å². The lowest BCUT2D eigenvalue weighted by molar-refractivity contribution is 0.155. The molecule has 0 heterocycles. The minimum atomic E-state index is 0.188. The normalized spacial score (nSPS) is 12.4. The Morgan fingerprint density at radius 1 is 1.37 bits per heavy atom. The lowest BCUT2D eigenvalue weighted by atomic mass is 10.0. The molecular formula is C16H26N2O. The van der Waals surface area contributed by atoms with Gasteiger partial charge in [-0.2, -0.15) is 0 Å². The number of aryl methyl sites for hydroxylation is 2. The molecule has 1 aromatic carbocycles. The molecule has 0 saturated carbocycles. The van der Waals surface area contributed by atoms with Crippen molar-refractivity contribution in [2.24, 2.45) is 5.73 Å². The summed E-state index contributed by atoms with van der Waals surface area (Å²) in [5, 5.41) is 3.43. The van der Waals surface area contributed by atoms with Crippen LogP contribution in [0.3, 0.4) is 0 Å². The molecule has 1 unspecified atom stereocenters. The van der Waals surface area contributed by atoms with Crippen LogP contribution < -0.4 is 11.1 Å². The third kappa shape index (κ3) is 5.55. The highest BCUT2D eigenvalue weighted by atomic mass is 16.5. The number of benzene rings is 1. The molecule has 3 heteroatoms. The molecule has 1 aromatic rings. The van der Waals surface area contributed by atoms with Crippen molar-refractivity contribution >= 4 is 0 Å². The van der Waals surface area contributed by atoms with E-state index in [1.165, 1.54) is 16.7 Å². The first-order valence-corrected chi connectivity index (χ1v) is 6.77. The molecule has 1 rings (SSSR count). The number of hydrogen-bond donors (Lipinski definition) is 2. The quantitative estimate of drug-likeness (QED) is 0.559. The van der Waals surface area contributed by atoms with Crippen LogP contribution in [-0.2, 0) is 4.74 Å². The maximum Gasteiger partial charge on any atom is 0.0672 e. The molecule has 0 amide bonds. The number of rotatable bonds is 8. The Hall–Kier alpha value is -1.16. The fraction of sp³-hybridized carbons (Fsp3) is 0.500. The van der Waals surface area contributed by atoms with Gasteiger partial charge in [-0.15, -0.1) is 0 Å². The molecule has 0 aliphatic heterocycles. The zero-order valence-electron chi connectivity index (χ0n) is 12.3. The Morgan fingerprint density at radius 2 is 2.11 bits per heavy atom. The van der Waals surface area contributed by atoms with E-state index >= 15 is 0 Å². The zero-order chi connectivity index (χ0) is 14.3. The average Bonchev–Trinajstić information content (AvgIpc) is 2.37. The van der Waals surface area contributed by atoms with Crippen LogP contribution in [0.15, 0.2) is 30.4 Å². The van der Waals surface area contributed by atoms with Crippen LogP contribution in [0.25, 0.3) is 0 Å². The summed E-state index contributed by atoms with van der Waals surface area (Å²) in [6.45, 7) is 12.7. The van der Waals surface area contributed by atoms with Gasteiger partial charge in [0.25, 0.3) is 0 Å². The van der Waals surface area contributed by atoms with E-state index in [0.29, 0.717) is 19.8 Å². The Morgan fingerprint density at radius 3 is 2.68 bits per heavy atom. The fourth-order valence-electron chi connectivity index (χ4n) is 1.87. The molecule has 0 aliphatic carbocycles. The van der Waals surface area contributed by atoms with Gasteiger partial charge in [0.05, 0.1) is 13.2 Å². The summed E-state index contributed by atoms with van der Waals surface area (Å²) in [5.74, 6) is 0. The number of ether oxygens (including phenoxy) is 1. The molecule has 0 aliphatic rings. The Kier molecular flexibility index (Phi) is 6.78. The number of nitrogens with one attached hydrogen (secondary N) is 1. The minimum Gasteiger partial charge on any atom is -0.376 e. The van der Waals surface area contributed by atoms with Gasteiger partial charge in [0, 0.05) is 19.1 Å². The fourth-order valence-corrected chi connectivity index (χ4v) is 1.87. The third-order valence-corrected chi connectivity index (χ3v) is 3.15. The first kappa shape index (κ1) is 15.9. The summed E-state index contributed by atoms with van der Waals surface area (Å²) in [5.41, 5.74) is 10.7. The second kappa shape index (κ2) is 8.10.